The largest absolute Gasteiger partial charge is 0.390 e. The Morgan fingerprint density at radius 2 is 1.93 bits per heavy atom. The zero-order valence-electron chi connectivity index (χ0n) is 15.1. The maximum Gasteiger partial charge on any atom is 0.390 e. The van der Waals surface area contributed by atoms with Crippen LogP contribution in [0.25, 0.3) is 0 Å². The quantitative estimate of drug-likeness (QED) is 0.419. The first-order chi connectivity index (χ1) is 13.7. The van der Waals surface area contributed by atoms with Crippen molar-refractivity contribution < 1.29 is 9.72 Å². The SMILES string of the molecule is Cc1cc([N+](=O)[O-])nn1CCC(=O)Nc1nn(Cc2ccc(Cl)c(Cl)c2)cc1Cl. The monoisotopic (exact) mass is 456 g/mol. The standard InChI is InChI=1S/C17H15Cl3N6O3/c1-10-6-15(26(28)29)22-25(10)5-4-16(27)21-17-14(20)9-24(23-17)8-11-2-3-12(18)13(19)7-11/h2-3,6-7,9H,4-5,8H2,1H3,(H,21,23,27). The Kier molecular flexibility index (Phi) is 6.41. The van der Waals surface area contributed by atoms with Gasteiger partial charge in [-0.25, -0.2) is 0 Å². The summed E-state index contributed by atoms with van der Waals surface area (Å²) in [7, 11) is 0. The number of carbonyl (C=O) groups excluding carboxylic acids is 1. The Morgan fingerprint density at radius 3 is 2.59 bits per heavy atom. The molecule has 2 heterocycles. The molecule has 3 rings (SSSR count). The van der Waals surface area contributed by atoms with Crippen LogP contribution in [0.15, 0.2) is 30.5 Å². The fourth-order valence-electron chi connectivity index (χ4n) is 2.60. The smallest absolute Gasteiger partial charge is 0.358 e. The molecule has 0 unspecified atom stereocenters. The summed E-state index contributed by atoms with van der Waals surface area (Å²) in [5.41, 5.74) is 1.46. The third-order valence-corrected chi connectivity index (χ3v) is 5.03. The number of nitro groups is 1. The van der Waals surface area contributed by atoms with E-state index >= 15 is 0 Å². The molecule has 0 aliphatic carbocycles. The number of rotatable bonds is 7. The number of amides is 1. The summed E-state index contributed by atoms with van der Waals surface area (Å²) in [4.78, 5) is 22.4. The summed E-state index contributed by atoms with van der Waals surface area (Å²) in [5.74, 6) is -0.379. The molecule has 1 N–H and O–H groups in total. The lowest BCUT2D eigenvalue weighted by Crippen LogP contribution is -2.16. The lowest BCUT2D eigenvalue weighted by atomic mass is 10.2. The van der Waals surface area contributed by atoms with E-state index < -0.39 is 4.92 Å². The van der Waals surface area contributed by atoms with Crippen molar-refractivity contribution in [1.29, 1.82) is 0 Å². The Bertz CT molecular complexity index is 1080. The maximum absolute atomic E-state index is 12.2. The van der Waals surface area contributed by atoms with Gasteiger partial charge in [-0.05, 0) is 29.5 Å². The van der Waals surface area contributed by atoms with Gasteiger partial charge in [0.1, 0.15) is 5.02 Å². The number of hydrogen-bond donors (Lipinski definition) is 1. The molecular weight excluding hydrogens is 443 g/mol. The van der Waals surface area contributed by atoms with Crippen LogP contribution in [0.4, 0.5) is 11.6 Å². The average molecular weight is 458 g/mol. The van der Waals surface area contributed by atoms with E-state index in [9.17, 15) is 14.9 Å². The molecule has 152 valence electrons. The van der Waals surface area contributed by atoms with Crippen LogP contribution in [0, 0.1) is 17.0 Å². The molecule has 1 aromatic carbocycles. The van der Waals surface area contributed by atoms with Crippen LogP contribution in [-0.4, -0.2) is 30.4 Å². The molecular formula is C17H15Cl3N6O3. The van der Waals surface area contributed by atoms with Crippen LogP contribution >= 0.6 is 34.8 Å². The summed E-state index contributed by atoms with van der Waals surface area (Å²) in [6.45, 7) is 2.26. The van der Waals surface area contributed by atoms with E-state index in [2.05, 4.69) is 15.5 Å². The summed E-state index contributed by atoms with van der Waals surface area (Å²) in [6.07, 6.45) is 1.64. The van der Waals surface area contributed by atoms with Gasteiger partial charge in [0.2, 0.25) is 5.91 Å². The highest BCUT2D eigenvalue weighted by molar-refractivity contribution is 6.42. The molecule has 0 saturated carbocycles. The van der Waals surface area contributed by atoms with Crippen molar-refractivity contribution in [2.75, 3.05) is 5.32 Å². The molecule has 0 radical (unpaired) electrons. The van der Waals surface area contributed by atoms with Crippen molar-refractivity contribution in [3.63, 3.8) is 0 Å². The van der Waals surface area contributed by atoms with Crippen molar-refractivity contribution in [2.24, 2.45) is 0 Å². The minimum Gasteiger partial charge on any atom is -0.358 e. The van der Waals surface area contributed by atoms with Gasteiger partial charge in [-0.3, -0.25) is 9.48 Å². The average Bonchev–Trinajstić information content (AvgIpc) is 3.19. The highest BCUT2D eigenvalue weighted by Crippen LogP contribution is 2.24. The van der Waals surface area contributed by atoms with E-state index in [4.69, 9.17) is 34.8 Å². The van der Waals surface area contributed by atoms with Crippen LogP contribution in [0.3, 0.4) is 0 Å². The first-order valence-corrected chi connectivity index (χ1v) is 9.52. The number of anilines is 1. The topological polar surface area (TPSA) is 108 Å². The minimum absolute atomic E-state index is 0.0512. The van der Waals surface area contributed by atoms with E-state index in [0.29, 0.717) is 22.3 Å². The Hall–Kier alpha value is -2.62. The predicted molar refractivity (Wildman–Crippen MR) is 110 cm³/mol. The Morgan fingerprint density at radius 1 is 1.17 bits per heavy atom. The van der Waals surface area contributed by atoms with Gasteiger partial charge < -0.3 is 15.4 Å². The highest BCUT2D eigenvalue weighted by atomic mass is 35.5. The lowest BCUT2D eigenvalue weighted by molar-refractivity contribution is -0.389. The number of nitrogens with one attached hydrogen (secondary N) is 1. The first-order valence-electron chi connectivity index (χ1n) is 8.38. The van der Waals surface area contributed by atoms with Gasteiger partial charge in [0.05, 0.1) is 40.0 Å². The zero-order chi connectivity index (χ0) is 21.1. The van der Waals surface area contributed by atoms with Crippen molar-refractivity contribution in [2.45, 2.75) is 26.4 Å². The minimum atomic E-state index is -0.580. The molecule has 3 aromatic rings. The number of halogens is 3. The van der Waals surface area contributed by atoms with Crippen molar-refractivity contribution in [1.82, 2.24) is 19.6 Å². The van der Waals surface area contributed by atoms with Crippen molar-refractivity contribution >= 4 is 52.3 Å². The number of carbonyl (C=O) groups is 1. The number of aryl methyl sites for hydroxylation is 2. The van der Waals surface area contributed by atoms with E-state index in [1.54, 1.807) is 29.9 Å². The van der Waals surface area contributed by atoms with E-state index in [0.717, 1.165) is 5.56 Å². The first kappa shape index (κ1) is 21.1. The molecule has 0 aliphatic heterocycles. The highest BCUT2D eigenvalue weighted by Gasteiger charge is 2.17. The molecule has 9 nitrogen and oxygen atoms in total. The predicted octanol–water partition coefficient (Wildman–Crippen LogP) is 4.33. The Balaban J connectivity index is 1.60. The second-order valence-corrected chi connectivity index (χ2v) is 7.42. The van der Waals surface area contributed by atoms with E-state index in [1.807, 2.05) is 6.07 Å². The number of nitrogens with zero attached hydrogens (tertiary/aromatic N) is 5. The van der Waals surface area contributed by atoms with Gasteiger partial charge in [0, 0.05) is 12.6 Å². The second kappa shape index (κ2) is 8.81. The molecule has 0 saturated heterocycles. The zero-order valence-corrected chi connectivity index (χ0v) is 17.4. The van der Waals surface area contributed by atoms with Crippen LogP contribution in [0.5, 0.6) is 0 Å². The molecule has 0 fully saturated rings. The van der Waals surface area contributed by atoms with Gasteiger partial charge in [0.15, 0.2) is 5.82 Å². The summed E-state index contributed by atoms with van der Waals surface area (Å²) in [5, 5.41) is 22.7. The lowest BCUT2D eigenvalue weighted by Gasteiger charge is -2.04. The van der Waals surface area contributed by atoms with Gasteiger partial charge in [-0.15, -0.1) is 0 Å². The molecule has 1 amide bonds. The number of benzene rings is 1. The molecule has 0 bridgehead atoms. The van der Waals surface area contributed by atoms with E-state index in [-0.39, 0.29) is 35.5 Å². The van der Waals surface area contributed by atoms with Gasteiger partial charge >= 0.3 is 5.82 Å². The maximum atomic E-state index is 12.2. The fraction of sp³-hybridized carbons (Fsp3) is 0.235. The van der Waals surface area contributed by atoms with Gasteiger partial charge in [0.25, 0.3) is 0 Å². The van der Waals surface area contributed by atoms with E-state index in [1.165, 1.54) is 10.7 Å². The number of aromatic nitrogens is 4. The molecule has 0 spiro atoms. The summed E-state index contributed by atoms with van der Waals surface area (Å²) in [6, 6.07) is 6.57. The van der Waals surface area contributed by atoms with Crippen molar-refractivity contribution in [3.05, 3.63) is 66.9 Å². The van der Waals surface area contributed by atoms with Crippen LogP contribution in [-0.2, 0) is 17.9 Å². The van der Waals surface area contributed by atoms with Crippen LogP contribution in [0.1, 0.15) is 17.7 Å². The third-order valence-electron chi connectivity index (χ3n) is 4.01. The fourth-order valence-corrected chi connectivity index (χ4v) is 3.12. The summed E-state index contributed by atoms with van der Waals surface area (Å²) < 4.78 is 2.97. The number of hydrogen-bond acceptors (Lipinski definition) is 5. The normalized spacial score (nSPS) is 10.9. The molecule has 0 atom stereocenters. The Labute approximate surface area is 180 Å². The summed E-state index contributed by atoms with van der Waals surface area (Å²) >= 11 is 18.1. The molecule has 0 aliphatic rings. The van der Waals surface area contributed by atoms with Gasteiger partial charge in [-0.2, -0.15) is 9.78 Å². The van der Waals surface area contributed by atoms with Crippen LogP contribution < -0.4 is 5.32 Å². The second-order valence-electron chi connectivity index (χ2n) is 6.19. The molecule has 12 heteroatoms. The molecule has 2 aromatic heterocycles. The van der Waals surface area contributed by atoms with Gasteiger partial charge in [-0.1, -0.05) is 40.9 Å². The third kappa shape index (κ3) is 5.26. The van der Waals surface area contributed by atoms with Crippen LogP contribution in [0.2, 0.25) is 15.1 Å². The molecule has 29 heavy (non-hydrogen) atoms. The van der Waals surface area contributed by atoms with Crippen molar-refractivity contribution in [3.8, 4) is 0 Å².